The molecule has 0 radical (unpaired) electrons. The van der Waals surface area contributed by atoms with Crippen LogP contribution in [0, 0.1) is 0 Å². The maximum Gasteiger partial charge on any atom is 0.106 e. The van der Waals surface area contributed by atoms with Gasteiger partial charge in [-0.05, 0) is 34.1 Å². The molecule has 0 N–H and O–H groups in total. The number of hydrogen-bond acceptors (Lipinski definition) is 2. The van der Waals surface area contributed by atoms with Crippen LogP contribution in [-0.4, -0.2) is 25.3 Å². The van der Waals surface area contributed by atoms with Crippen molar-refractivity contribution in [2.75, 3.05) is 19.7 Å². The van der Waals surface area contributed by atoms with E-state index < -0.39 is 7.14 Å². The van der Waals surface area contributed by atoms with E-state index in [0.717, 1.165) is 0 Å². The number of hydrogen-bond donors (Lipinski definition) is 0. The Morgan fingerprint density at radius 1 is 1.30 bits per heavy atom. The van der Waals surface area contributed by atoms with Gasteiger partial charge in [-0.15, -0.1) is 0 Å². The van der Waals surface area contributed by atoms with Crippen molar-refractivity contribution >= 4 is 7.14 Å². The van der Waals surface area contributed by atoms with Gasteiger partial charge in [0, 0.05) is 0 Å². The van der Waals surface area contributed by atoms with Crippen LogP contribution in [0.25, 0.3) is 0 Å². The third-order valence-electron chi connectivity index (χ3n) is 0.808. The molecule has 0 atom stereocenters. The summed E-state index contributed by atoms with van der Waals surface area (Å²) in [6.07, 6.45) is 0.385. The molecule has 0 bridgehead atoms. The Bertz CT molecular complexity index is 140. The molecular weight excluding hydrogens is 147 g/mol. The zero-order valence-corrected chi connectivity index (χ0v) is 8.37. The van der Waals surface area contributed by atoms with Crippen LogP contribution in [0.1, 0.15) is 20.8 Å². The first-order chi connectivity index (χ1) is 4.21. The smallest absolute Gasteiger partial charge is 0.106 e. The fourth-order valence-corrected chi connectivity index (χ4v) is 1.05. The lowest BCUT2D eigenvalue weighted by molar-refractivity contribution is 0.0250. The molecule has 0 rings (SSSR count). The van der Waals surface area contributed by atoms with Gasteiger partial charge in [0.15, 0.2) is 0 Å². The number of ether oxygens (including phenoxy) is 1. The first-order valence-corrected chi connectivity index (χ1v) is 6.17. The van der Waals surface area contributed by atoms with Crippen molar-refractivity contribution in [1.82, 2.24) is 0 Å². The molecule has 2 nitrogen and oxygen atoms in total. The monoisotopic (exact) mass is 164 g/mol. The molecule has 3 heteroatoms. The van der Waals surface area contributed by atoms with E-state index in [1.54, 1.807) is 13.3 Å². The Balaban J connectivity index is 3.67. The SMILES string of the molecule is CC(C)(C)OCP(C)(C)=O. The lowest BCUT2D eigenvalue weighted by Crippen LogP contribution is -2.19. The van der Waals surface area contributed by atoms with Crippen LogP contribution in [0.3, 0.4) is 0 Å². The average Bonchev–Trinajstić information content (AvgIpc) is 1.57. The van der Waals surface area contributed by atoms with Gasteiger partial charge in [-0.3, -0.25) is 0 Å². The third kappa shape index (κ3) is 8.19. The highest BCUT2D eigenvalue weighted by molar-refractivity contribution is 7.62. The second kappa shape index (κ2) is 3.06. The molecule has 0 unspecified atom stereocenters. The van der Waals surface area contributed by atoms with Crippen molar-refractivity contribution in [3.63, 3.8) is 0 Å². The minimum Gasteiger partial charge on any atom is -0.368 e. The summed E-state index contributed by atoms with van der Waals surface area (Å²) in [4.78, 5) is 0. The summed E-state index contributed by atoms with van der Waals surface area (Å²) < 4.78 is 16.5. The molecule has 0 aliphatic carbocycles. The molecular formula is C7H17O2P. The summed E-state index contributed by atoms with van der Waals surface area (Å²) in [5.74, 6) is 0. The van der Waals surface area contributed by atoms with E-state index in [1.807, 2.05) is 20.8 Å². The largest absolute Gasteiger partial charge is 0.368 e. The topological polar surface area (TPSA) is 26.3 Å². The van der Waals surface area contributed by atoms with Crippen LogP contribution in [0.15, 0.2) is 0 Å². The summed E-state index contributed by atoms with van der Waals surface area (Å²) in [6.45, 7) is 9.35. The van der Waals surface area contributed by atoms with Crippen molar-refractivity contribution in [3.8, 4) is 0 Å². The fraction of sp³-hybridized carbons (Fsp3) is 1.00. The van der Waals surface area contributed by atoms with Crippen molar-refractivity contribution in [3.05, 3.63) is 0 Å². The van der Waals surface area contributed by atoms with E-state index >= 15 is 0 Å². The van der Waals surface area contributed by atoms with Crippen LogP contribution >= 0.6 is 7.14 Å². The van der Waals surface area contributed by atoms with Gasteiger partial charge in [0.25, 0.3) is 0 Å². The Kier molecular flexibility index (Phi) is 3.12. The van der Waals surface area contributed by atoms with E-state index in [9.17, 15) is 4.57 Å². The molecule has 62 valence electrons. The van der Waals surface area contributed by atoms with E-state index in [4.69, 9.17) is 4.74 Å². The van der Waals surface area contributed by atoms with Gasteiger partial charge in [-0.1, -0.05) is 0 Å². The van der Waals surface area contributed by atoms with E-state index in [0.29, 0.717) is 6.35 Å². The van der Waals surface area contributed by atoms with E-state index in [2.05, 4.69) is 0 Å². The van der Waals surface area contributed by atoms with Gasteiger partial charge < -0.3 is 9.30 Å². The Morgan fingerprint density at radius 2 is 1.70 bits per heavy atom. The third-order valence-corrected chi connectivity index (χ3v) is 1.56. The standard InChI is InChI=1S/C7H17O2P/c1-7(2,3)9-6-10(4,5)8/h6H2,1-5H3. The quantitative estimate of drug-likeness (QED) is 0.586. The highest BCUT2D eigenvalue weighted by Gasteiger charge is 2.14. The lowest BCUT2D eigenvalue weighted by Gasteiger charge is -2.20. The molecule has 0 amide bonds. The maximum absolute atomic E-state index is 11.1. The predicted molar refractivity (Wildman–Crippen MR) is 45.2 cm³/mol. The van der Waals surface area contributed by atoms with Gasteiger partial charge >= 0.3 is 0 Å². The van der Waals surface area contributed by atoms with Crippen LogP contribution in [0.2, 0.25) is 0 Å². The van der Waals surface area contributed by atoms with Crippen molar-refractivity contribution in [2.24, 2.45) is 0 Å². The van der Waals surface area contributed by atoms with Crippen LogP contribution in [0.5, 0.6) is 0 Å². The molecule has 0 heterocycles. The molecule has 10 heavy (non-hydrogen) atoms. The minimum atomic E-state index is -1.98. The average molecular weight is 164 g/mol. The maximum atomic E-state index is 11.1. The summed E-state index contributed by atoms with van der Waals surface area (Å²) >= 11 is 0. The molecule has 0 aliphatic rings. The number of rotatable bonds is 2. The van der Waals surface area contributed by atoms with Gasteiger partial charge in [-0.2, -0.15) is 0 Å². The van der Waals surface area contributed by atoms with Gasteiger partial charge in [0.05, 0.1) is 11.9 Å². The molecule has 0 fully saturated rings. The first kappa shape index (κ1) is 10.2. The zero-order valence-electron chi connectivity index (χ0n) is 7.47. The summed E-state index contributed by atoms with van der Waals surface area (Å²) in [7, 11) is -1.98. The van der Waals surface area contributed by atoms with E-state index in [1.165, 1.54) is 0 Å². The molecule has 0 saturated carbocycles. The van der Waals surface area contributed by atoms with Crippen LogP contribution in [-0.2, 0) is 9.30 Å². The van der Waals surface area contributed by atoms with Crippen LogP contribution in [0.4, 0.5) is 0 Å². The normalized spacial score (nSPS) is 13.7. The van der Waals surface area contributed by atoms with Crippen LogP contribution < -0.4 is 0 Å². The second-order valence-electron chi connectivity index (χ2n) is 3.96. The Hall–Kier alpha value is 0.190. The Labute approximate surface area is 63.3 Å². The fourth-order valence-electron chi connectivity index (χ4n) is 0.349. The molecule has 0 aromatic rings. The highest BCUT2D eigenvalue weighted by atomic mass is 31.2. The highest BCUT2D eigenvalue weighted by Crippen LogP contribution is 2.36. The molecule has 0 spiro atoms. The van der Waals surface area contributed by atoms with Gasteiger partial charge in [0.1, 0.15) is 7.14 Å². The first-order valence-electron chi connectivity index (χ1n) is 3.39. The summed E-state index contributed by atoms with van der Waals surface area (Å²) in [6, 6.07) is 0. The predicted octanol–water partition coefficient (Wildman–Crippen LogP) is 2.38. The zero-order chi connectivity index (χ0) is 8.41. The molecule has 0 aromatic carbocycles. The molecule has 0 saturated heterocycles. The van der Waals surface area contributed by atoms with Crippen molar-refractivity contribution in [1.29, 1.82) is 0 Å². The lowest BCUT2D eigenvalue weighted by atomic mass is 10.2. The molecule has 0 aromatic heterocycles. The van der Waals surface area contributed by atoms with Crippen molar-refractivity contribution < 1.29 is 9.30 Å². The summed E-state index contributed by atoms with van der Waals surface area (Å²) in [5, 5.41) is 0. The molecule has 0 aliphatic heterocycles. The van der Waals surface area contributed by atoms with Gasteiger partial charge in [-0.25, -0.2) is 0 Å². The summed E-state index contributed by atoms with van der Waals surface area (Å²) in [5.41, 5.74) is -0.165. The van der Waals surface area contributed by atoms with Crippen molar-refractivity contribution in [2.45, 2.75) is 26.4 Å². The van der Waals surface area contributed by atoms with E-state index in [-0.39, 0.29) is 5.60 Å². The van der Waals surface area contributed by atoms with Gasteiger partial charge in [0.2, 0.25) is 0 Å². The second-order valence-corrected chi connectivity index (χ2v) is 7.37. The Morgan fingerprint density at radius 3 is 1.80 bits per heavy atom. The minimum absolute atomic E-state index is 0.165.